The molecule has 1 aliphatic rings. The van der Waals surface area contributed by atoms with E-state index in [1.807, 2.05) is 24.3 Å². The van der Waals surface area contributed by atoms with Crippen molar-refractivity contribution in [3.05, 3.63) is 24.3 Å². The first-order valence-corrected chi connectivity index (χ1v) is 5.89. The van der Waals surface area contributed by atoms with Crippen LogP contribution >= 0.6 is 0 Å². The normalized spacial score (nSPS) is 24.4. The van der Waals surface area contributed by atoms with Crippen molar-refractivity contribution in [1.29, 1.82) is 0 Å². The van der Waals surface area contributed by atoms with Crippen LogP contribution in [0.2, 0.25) is 0 Å². The van der Waals surface area contributed by atoms with Crippen molar-refractivity contribution in [2.45, 2.75) is 18.4 Å². The molecular weight excluding hydrogens is 218 g/mol. The monoisotopic (exact) mass is 237 g/mol. The number of benzene rings is 1. The molecule has 4 heteroatoms. The number of nitrogens with one attached hydrogen (secondary N) is 1. The topological polar surface area (TPSA) is 50.7 Å². The largest absolute Gasteiger partial charge is 0.497 e. The second-order valence-electron chi connectivity index (χ2n) is 4.45. The highest BCUT2D eigenvalue weighted by molar-refractivity contribution is 5.48. The van der Waals surface area contributed by atoms with E-state index in [1.54, 1.807) is 7.11 Å². The molecule has 17 heavy (non-hydrogen) atoms. The van der Waals surface area contributed by atoms with Crippen molar-refractivity contribution in [3.8, 4) is 5.75 Å². The van der Waals surface area contributed by atoms with Gasteiger partial charge in [-0.2, -0.15) is 0 Å². The molecule has 4 nitrogen and oxygen atoms in total. The Morgan fingerprint density at radius 2 is 2.18 bits per heavy atom. The molecule has 1 heterocycles. The van der Waals surface area contributed by atoms with E-state index in [9.17, 15) is 5.11 Å². The molecule has 1 aromatic rings. The number of rotatable bonds is 4. The van der Waals surface area contributed by atoms with Crippen LogP contribution in [0.3, 0.4) is 0 Å². The highest BCUT2D eigenvalue weighted by atomic mass is 16.5. The van der Waals surface area contributed by atoms with Gasteiger partial charge in [-0.05, 0) is 37.1 Å². The van der Waals surface area contributed by atoms with Gasteiger partial charge in [0.25, 0.3) is 0 Å². The Labute approximate surface area is 102 Å². The summed E-state index contributed by atoms with van der Waals surface area (Å²) in [5.41, 5.74) is 0.637. The van der Waals surface area contributed by atoms with Crippen LogP contribution in [0, 0.1) is 0 Å². The van der Waals surface area contributed by atoms with Gasteiger partial charge in [0.1, 0.15) is 5.75 Å². The van der Waals surface area contributed by atoms with E-state index in [0.29, 0.717) is 6.61 Å². The average Bonchev–Trinajstić information content (AvgIpc) is 2.41. The number of ether oxygens (including phenoxy) is 2. The number of methoxy groups -OCH3 is 1. The fraction of sp³-hybridized carbons (Fsp3) is 0.538. The van der Waals surface area contributed by atoms with Gasteiger partial charge in [-0.15, -0.1) is 0 Å². The lowest BCUT2D eigenvalue weighted by atomic mass is 9.93. The van der Waals surface area contributed by atoms with Gasteiger partial charge in [-0.3, -0.25) is 0 Å². The van der Waals surface area contributed by atoms with Crippen molar-refractivity contribution < 1.29 is 14.6 Å². The predicted octanol–water partition coefficient (Wildman–Crippen LogP) is 1.65. The van der Waals surface area contributed by atoms with Crippen LogP contribution in [0.5, 0.6) is 5.75 Å². The van der Waals surface area contributed by atoms with Gasteiger partial charge in [0.05, 0.1) is 25.9 Å². The molecule has 1 atom stereocenters. The van der Waals surface area contributed by atoms with E-state index < -0.39 is 0 Å². The van der Waals surface area contributed by atoms with Crippen LogP contribution < -0.4 is 10.1 Å². The predicted molar refractivity (Wildman–Crippen MR) is 66.5 cm³/mol. The highest BCUT2D eigenvalue weighted by Crippen LogP contribution is 2.25. The SMILES string of the molecule is COc1ccc(NC2(CO)CCCOC2)cc1. The third kappa shape index (κ3) is 2.90. The minimum absolute atomic E-state index is 0.0824. The fourth-order valence-corrected chi connectivity index (χ4v) is 2.10. The van der Waals surface area contributed by atoms with E-state index in [1.165, 1.54) is 0 Å². The molecule has 1 aromatic carbocycles. The van der Waals surface area contributed by atoms with Gasteiger partial charge >= 0.3 is 0 Å². The zero-order chi connectivity index (χ0) is 12.1. The second kappa shape index (κ2) is 5.38. The second-order valence-corrected chi connectivity index (χ2v) is 4.45. The van der Waals surface area contributed by atoms with E-state index in [2.05, 4.69) is 5.32 Å². The number of aliphatic hydroxyl groups is 1. The summed E-state index contributed by atoms with van der Waals surface area (Å²) in [5.74, 6) is 0.827. The van der Waals surface area contributed by atoms with E-state index >= 15 is 0 Å². The molecule has 2 N–H and O–H groups in total. The summed E-state index contributed by atoms with van der Waals surface area (Å²) >= 11 is 0. The molecule has 0 radical (unpaired) electrons. The first-order valence-electron chi connectivity index (χ1n) is 5.89. The molecule has 0 amide bonds. The standard InChI is InChI=1S/C13H19NO3/c1-16-12-5-3-11(4-6-12)14-13(9-15)7-2-8-17-10-13/h3-6,14-15H,2,7-10H2,1H3. The lowest BCUT2D eigenvalue weighted by Crippen LogP contribution is -2.49. The summed E-state index contributed by atoms with van der Waals surface area (Å²) in [4.78, 5) is 0. The molecule has 1 saturated heterocycles. The van der Waals surface area contributed by atoms with Crippen LogP contribution in [0.1, 0.15) is 12.8 Å². The first kappa shape index (κ1) is 12.2. The summed E-state index contributed by atoms with van der Waals surface area (Å²) < 4.78 is 10.6. The molecule has 0 aliphatic carbocycles. The molecule has 1 unspecified atom stereocenters. The van der Waals surface area contributed by atoms with Gasteiger partial charge in [0.2, 0.25) is 0 Å². The Morgan fingerprint density at radius 3 is 2.71 bits per heavy atom. The molecule has 2 rings (SSSR count). The van der Waals surface area contributed by atoms with Crippen molar-refractivity contribution >= 4 is 5.69 Å². The average molecular weight is 237 g/mol. The van der Waals surface area contributed by atoms with Crippen LogP contribution in [0.15, 0.2) is 24.3 Å². The molecule has 0 aromatic heterocycles. The zero-order valence-corrected chi connectivity index (χ0v) is 10.1. The quantitative estimate of drug-likeness (QED) is 0.836. The fourth-order valence-electron chi connectivity index (χ4n) is 2.10. The summed E-state index contributed by atoms with van der Waals surface area (Å²) in [6, 6.07) is 7.70. The van der Waals surface area contributed by atoms with Gasteiger partial charge in [-0.1, -0.05) is 0 Å². The van der Waals surface area contributed by atoms with Crippen LogP contribution in [-0.2, 0) is 4.74 Å². The third-order valence-electron chi connectivity index (χ3n) is 3.12. The molecule has 1 fully saturated rings. The van der Waals surface area contributed by atoms with Gasteiger partial charge in [0, 0.05) is 12.3 Å². The number of hydrogen-bond acceptors (Lipinski definition) is 4. The maximum absolute atomic E-state index is 9.54. The Bertz CT molecular complexity index is 344. The molecule has 94 valence electrons. The van der Waals surface area contributed by atoms with Gasteiger partial charge in [-0.25, -0.2) is 0 Å². The number of anilines is 1. The lowest BCUT2D eigenvalue weighted by molar-refractivity contribution is 0.0217. The molecule has 0 spiro atoms. The molecule has 1 aliphatic heterocycles. The minimum Gasteiger partial charge on any atom is -0.497 e. The van der Waals surface area contributed by atoms with Crippen LogP contribution in [-0.4, -0.2) is 37.6 Å². The van der Waals surface area contributed by atoms with Crippen molar-refractivity contribution in [3.63, 3.8) is 0 Å². The molecular formula is C13H19NO3. The first-order chi connectivity index (χ1) is 8.28. The summed E-state index contributed by atoms with van der Waals surface area (Å²) in [7, 11) is 1.65. The summed E-state index contributed by atoms with van der Waals surface area (Å²) in [5, 5.41) is 12.9. The number of hydrogen-bond donors (Lipinski definition) is 2. The molecule has 0 bridgehead atoms. The summed E-state index contributed by atoms with van der Waals surface area (Å²) in [6.07, 6.45) is 1.90. The van der Waals surface area contributed by atoms with Crippen molar-refractivity contribution in [2.24, 2.45) is 0 Å². The summed E-state index contributed by atoms with van der Waals surface area (Å²) in [6.45, 7) is 1.42. The Morgan fingerprint density at radius 1 is 1.41 bits per heavy atom. The van der Waals surface area contributed by atoms with Crippen molar-refractivity contribution in [1.82, 2.24) is 0 Å². The van der Waals surface area contributed by atoms with Crippen molar-refractivity contribution in [2.75, 3.05) is 32.2 Å². The Hall–Kier alpha value is -1.26. The lowest BCUT2D eigenvalue weighted by Gasteiger charge is -2.37. The van der Waals surface area contributed by atoms with Gasteiger partial charge in [0.15, 0.2) is 0 Å². The van der Waals surface area contributed by atoms with Gasteiger partial charge < -0.3 is 19.9 Å². The maximum atomic E-state index is 9.54. The smallest absolute Gasteiger partial charge is 0.119 e. The number of aliphatic hydroxyl groups excluding tert-OH is 1. The van der Waals surface area contributed by atoms with E-state index in [0.717, 1.165) is 30.9 Å². The van der Waals surface area contributed by atoms with Crippen LogP contribution in [0.25, 0.3) is 0 Å². The zero-order valence-electron chi connectivity index (χ0n) is 10.1. The van der Waals surface area contributed by atoms with E-state index in [4.69, 9.17) is 9.47 Å². The Kier molecular flexibility index (Phi) is 3.86. The Balaban J connectivity index is 2.06. The molecule has 0 saturated carbocycles. The third-order valence-corrected chi connectivity index (χ3v) is 3.12. The van der Waals surface area contributed by atoms with Crippen LogP contribution in [0.4, 0.5) is 5.69 Å². The minimum atomic E-state index is -0.340. The maximum Gasteiger partial charge on any atom is 0.119 e. The highest BCUT2D eigenvalue weighted by Gasteiger charge is 2.31. The van der Waals surface area contributed by atoms with E-state index in [-0.39, 0.29) is 12.1 Å².